The number of para-hydroxylation sites is 1. The molecule has 0 radical (unpaired) electrons. The summed E-state index contributed by atoms with van der Waals surface area (Å²) in [5.74, 6) is 0.638. The van der Waals surface area contributed by atoms with E-state index in [-0.39, 0.29) is 11.9 Å². The van der Waals surface area contributed by atoms with Crippen LogP contribution in [0.5, 0.6) is 5.75 Å². The van der Waals surface area contributed by atoms with Crippen LogP contribution in [0.15, 0.2) is 30.3 Å². The number of amides is 3. The van der Waals surface area contributed by atoms with Gasteiger partial charge in [-0.15, -0.1) is 0 Å². The van der Waals surface area contributed by atoms with Crippen LogP contribution >= 0.6 is 0 Å². The fraction of sp³-hybridized carbons (Fsp3) is 0.467. The van der Waals surface area contributed by atoms with Gasteiger partial charge in [0.1, 0.15) is 17.9 Å². The lowest BCUT2D eigenvalue weighted by Crippen LogP contribution is -2.48. The number of carbonyl (C=O) groups excluding carboxylic acids is 2. The highest BCUT2D eigenvalue weighted by Gasteiger charge is 2.53. The fourth-order valence-corrected chi connectivity index (χ4v) is 3.14. The first-order valence-corrected chi connectivity index (χ1v) is 7.03. The predicted octanol–water partition coefficient (Wildman–Crippen LogP) is 1.93. The highest BCUT2D eigenvalue weighted by atomic mass is 16.5. The van der Waals surface area contributed by atoms with Crippen molar-refractivity contribution in [3.05, 3.63) is 30.3 Å². The second-order valence-electron chi connectivity index (χ2n) is 5.31. The Bertz CT molecular complexity index is 509. The number of urea groups is 1. The smallest absolute Gasteiger partial charge is 0.325 e. The van der Waals surface area contributed by atoms with Gasteiger partial charge >= 0.3 is 6.03 Å². The van der Waals surface area contributed by atoms with Gasteiger partial charge in [-0.25, -0.2) is 4.79 Å². The van der Waals surface area contributed by atoms with Crippen molar-refractivity contribution >= 4 is 11.9 Å². The zero-order valence-corrected chi connectivity index (χ0v) is 11.3. The van der Waals surface area contributed by atoms with Crippen LogP contribution in [0.25, 0.3) is 0 Å². The van der Waals surface area contributed by atoms with Gasteiger partial charge in [-0.3, -0.25) is 10.1 Å². The highest BCUT2D eigenvalue weighted by Crippen LogP contribution is 2.38. The molecule has 1 aliphatic heterocycles. The number of rotatable bonds is 4. The van der Waals surface area contributed by atoms with Gasteiger partial charge in [0.2, 0.25) is 0 Å². The molecule has 1 aromatic carbocycles. The van der Waals surface area contributed by atoms with Crippen LogP contribution < -0.4 is 10.1 Å². The summed E-state index contributed by atoms with van der Waals surface area (Å²) in [5.41, 5.74) is -0.614. The highest BCUT2D eigenvalue weighted by molar-refractivity contribution is 6.07. The average molecular weight is 274 g/mol. The number of nitrogens with one attached hydrogen (secondary N) is 1. The number of benzene rings is 1. The molecule has 1 spiro atoms. The molecular weight excluding hydrogens is 256 g/mol. The first kappa shape index (κ1) is 13.0. The van der Waals surface area contributed by atoms with Crippen molar-refractivity contribution < 1.29 is 14.3 Å². The number of hydrogen-bond acceptors (Lipinski definition) is 3. The Kier molecular flexibility index (Phi) is 3.34. The van der Waals surface area contributed by atoms with E-state index in [1.807, 2.05) is 30.3 Å². The molecule has 1 heterocycles. The molecule has 2 aliphatic rings. The lowest BCUT2D eigenvalue weighted by atomic mass is 9.96. The van der Waals surface area contributed by atoms with Crippen LogP contribution in [0, 0.1) is 0 Å². The number of imide groups is 1. The van der Waals surface area contributed by atoms with E-state index in [1.165, 1.54) is 0 Å². The first-order valence-electron chi connectivity index (χ1n) is 7.03. The van der Waals surface area contributed by atoms with Crippen molar-refractivity contribution in [3.63, 3.8) is 0 Å². The molecule has 0 atom stereocenters. The minimum absolute atomic E-state index is 0.139. The lowest BCUT2D eigenvalue weighted by Gasteiger charge is -2.31. The van der Waals surface area contributed by atoms with E-state index in [9.17, 15) is 9.59 Å². The molecule has 5 nitrogen and oxygen atoms in total. The molecule has 0 unspecified atom stereocenters. The molecule has 1 saturated carbocycles. The van der Waals surface area contributed by atoms with E-state index in [0.717, 1.165) is 31.4 Å². The van der Waals surface area contributed by atoms with Crippen LogP contribution in [-0.2, 0) is 4.79 Å². The third-order valence-electron chi connectivity index (χ3n) is 4.16. The normalized spacial score (nSPS) is 20.5. The maximum Gasteiger partial charge on any atom is 0.325 e. The molecule has 5 heteroatoms. The van der Waals surface area contributed by atoms with Crippen LogP contribution in [-0.4, -0.2) is 35.5 Å². The summed E-state index contributed by atoms with van der Waals surface area (Å²) in [7, 11) is 0. The van der Waals surface area contributed by atoms with Crippen molar-refractivity contribution in [2.45, 2.75) is 31.2 Å². The molecule has 1 saturated heterocycles. The fourth-order valence-electron chi connectivity index (χ4n) is 3.14. The summed E-state index contributed by atoms with van der Waals surface area (Å²) < 4.78 is 5.62. The number of hydrogen-bond donors (Lipinski definition) is 1. The number of ether oxygens (including phenoxy) is 1. The summed E-state index contributed by atoms with van der Waals surface area (Å²) >= 11 is 0. The number of carbonyl (C=O) groups is 2. The summed E-state index contributed by atoms with van der Waals surface area (Å²) in [6, 6.07) is 9.20. The third kappa shape index (κ3) is 2.13. The van der Waals surface area contributed by atoms with E-state index in [2.05, 4.69) is 5.32 Å². The van der Waals surface area contributed by atoms with Crippen LogP contribution in [0.2, 0.25) is 0 Å². The Morgan fingerprint density at radius 2 is 1.85 bits per heavy atom. The molecule has 0 bridgehead atoms. The summed E-state index contributed by atoms with van der Waals surface area (Å²) in [5, 5.41) is 2.44. The maximum absolute atomic E-state index is 12.0. The Balaban J connectivity index is 1.64. The van der Waals surface area contributed by atoms with Gasteiger partial charge in [0.05, 0.1) is 6.54 Å². The molecular formula is C15H18N2O3. The predicted molar refractivity (Wildman–Crippen MR) is 73.4 cm³/mol. The molecule has 3 rings (SSSR count). The Morgan fingerprint density at radius 3 is 2.55 bits per heavy atom. The minimum Gasteiger partial charge on any atom is -0.492 e. The van der Waals surface area contributed by atoms with E-state index < -0.39 is 5.54 Å². The zero-order chi connectivity index (χ0) is 14.0. The monoisotopic (exact) mass is 274 g/mol. The van der Waals surface area contributed by atoms with E-state index >= 15 is 0 Å². The van der Waals surface area contributed by atoms with Crippen molar-refractivity contribution in [2.24, 2.45) is 0 Å². The van der Waals surface area contributed by atoms with Crippen LogP contribution in [0.1, 0.15) is 25.7 Å². The van der Waals surface area contributed by atoms with Crippen molar-refractivity contribution in [1.29, 1.82) is 0 Å². The summed E-state index contributed by atoms with van der Waals surface area (Å²) in [4.78, 5) is 25.6. The largest absolute Gasteiger partial charge is 0.492 e. The van der Waals surface area contributed by atoms with Gasteiger partial charge in [0.15, 0.2) is 0 Å². The Labute approximate surface area is 117 Å². The van der Waals surface area contributed by atoms with Crippen molar-refractivity contribution in [2.75, 3.05) is 13.2 Å². The standard InChI is InChI=1S/C15H18N2O3/c18-13-15(8-4-5-9-15)17(14(19)16-13)10-11-20-12-6-2-1-3-7-12/h1-3,6-7H,4-5,8-11H2,(H,16,18,19). The second kappa shape index (κ2) is 5.15. The Hall–Kier alpha value is -2.04. The quantitative estimate of drug-likeness (QED) is 0.853. The summed E-state index contributed by atoms with van der Waals surface area (Å²) in [6.07, 6.45) is 3.51. The molecule has 3 amide bonds. The minimum atomic E-state index is -0.614. The molecule has 20 heavy (non-hydrogen) atoms. The molecule has 1 N–H and O–H groups in total. The molecule has 1 aliphatic carbocycles. The van der Waals surface area contributed by atoms with Crippen LogP contribution in [0.4, 0.5) is 4.79 Å². The van der Waals surface area contributed by atoms with Gasteiger partial charge < -0.3 is 9.64 Å². The average Bonchev–Trinajstić information content (AvgIpc) is 3.02. The maximum atomic E-state index is 12.0. The van der Waals surface area contributed by atoms with E-state index in [0.29, 0.717) is 13.2 Å². The second-order valence-corrected chi connectivity index (χ2v) is 5.31. The number of nitrogens with zero attached hydrogens (tertiary/aromatic N) is 1. The molecule has 1 aromatic rings. The van der Waals surface area contributed by atoms with E-state index in [1.54, 1.807) is 4.90 Å². The molecule has 2 fully saturated rings. The topological polar surface area (TPSA) is 58.6 Å². The van der Waals surface area contributed by atoms with Gasteiger partial charge in [-0.05, 0) is 25.0 Å². The molecule has 0 aromatic heterocycles. The first-order chi connectivity index (χ1) is 9.72. The summed E-state index contributed by atoms with van der Waals surface area (Å²) in [6.45, 7) is 0.832. The van der Waals surface area contributed by atoms with Gasteiger partial charge in [-0.1, -0.05) is 31.0 Å². The SMILES string of the molecule is O=C1NC(=O)C2(CCCC2)N1CCOc1ccccc1. The van der Waals surface area contributed by atoms with Gasteiger partial charge in [-0.2, -0.15) is 0 Å². The van der Waals surface area contributed by atoms with Gasteiger partial charge in [0, 0.05) is 0 Å². The van der Waals surface area contributed by atoms with Crippen LogP contribution in [0.3, 0.4) is 0 Å². The molecule has 106 valence electrons. The third-order valence-corrected chi connectivity index (χ3v) is 4.16. The van der Waals surface area contributed by atoms with Gasteiger partial charge in [0.25, 0.3) is 5.91 Å². The zero-order valence-electron chi connectivity index (χ0n) is 11.3. The van der Waals surface area contributed by atoms with Crippen molar-refractivity contribution in [3.8, 4) is 5.75 Å². The Morgan fingerprint density at radius 1 is 1.15 bits per heavy atom. The lowest BCUT2D eigenvalue weighted by molar-refractivity contribution is -0.126. The van der Waals surface area contributed by atoms with E-state index in [4.69, 9.17) is 4.74 Å². The van der Waals surface area contributed by atoms with Crippen molar-refractivity contribution in [1.82, 2.24) is 10.2 Å².